The standard InChI is InChI=1S/C31H41ClN2O6/c1-4-6-7-13-21-39-29(38)25-24-27(36)34(19-11-8-12-20-35)26(31(24)17-16-30(25,3)40-31)28(37)33(18-5-2)23-15-10-9-14-22(23)32/h4-5,9-10,14-15,24-26,35H,1-2,6-8,11-13,16-21H2,3H3/t24-,25+,26?,30-,31?/m0/s1. The minimum absolute atomic E-state index is 0.0602. The summed E-state index contributed by atoms with van der Waals surface area (Å²) in [7, 11) is 0. The van der Waals surface area contributed by atoms with Crippen molar-refractivity contribution in [2.24, 2.45) is 11.8 Å². The molecule has 0 aliphatic carbocycles. The molecule has 0 radical (unpaired) electrons. The number of halogens is 1. The van der Waals surface area contributed by atoms with E-state index in [9.17, 15) is 19.5 Å². The highest BCUT2D eigenvalue weighted by molar-refractivity contribution is 6.34. The number of aliphatic hydroxyl groups is 1. The highest BCUT2D eigenvalue weighted by Crippen LogP contribution is 2.63. The van der Waals surface area contributed by atoms with Gasteiger partial charge in [-0.1, -0.05) is 35.9 Å². The number of likely N-dealkylation sites (tertiary alicyclic amines) is 1. The molecule has 1 aromatic carbocycles. The number of anilines is 1. The summed E-state index contributed by atoms with van der Waals surface area (Å²) in [6.07, 6.45) is 8.81. The Morgan fingerprint density at radius 1 is 1.18 bits per heavy atom. The van der Waals surface area contributed by atoms with E-state index in [0.29, 0.717) is 55.8 Å². The first-order valence-electron chi connectivity index (χ1n) is 14.3. The fourth-order valence-corrected chi connectivity index (χ4v) is 7.02. The molecule has 2 amide bonds. The van der Waals surface area contributed by atoms with E-state index in [2.05, 4.69) is 13.2 Å². The molecular weight excluding hydrogens is 532 g/mol. The maximum atomic E-state index is 14.5. The predicted molar refractivity (Wildman–Crippen MR) is 154 cm³/mol. The van der Waals surface area contributed by atoms with Gasteiger partial charge in [-0.3, -0.25) is 14.4 Å². The van der Waals surface area contributed by atoms with Crippen molar-refractivity contribution in [1.29, 1.82) is 0 Å². The zero-order chi connectivity index (χ0) is 28.9. The number of carbonyl (C=O) groups is 3. The molecule has 1 N–H and O–H groups in total. The summed E-state index contributed by atoms with van der Waals surface area (Å²) in [4.78, 5) is 45.3. The largest absolute Gasteiger partial charge is 0.465 e. The van der Waals surface area contributed by atoms with Crippen LogP contribution in [0.5, 0.6) is 0 Å². The molecule has 40 heavy (non-hydrogen) atoms. The fourth-order valence-electron chi connectivity index (χ4n) is 6.78. The number of hydrogen-bond donors (Lipinski definition) is 1. The molecule has 8 nitrogen and oxygen atoms in total. The van der Waals surface area contributed by atoms with Gasteiger partial charge in [-0.25, -0.2) is 0 Å². The second-order valence-electron chi connectivity index (χ2n) is 11.2. The van der Waals surface area contributed by atoms with Crippen LogP contribution >= 0.6 is 11.6 Å². The Bertz CT molecular complexity index is 1130. The van der Waals surface area contributed by atoms with Crippen LogP contribution in [0, 0.1) is 11.8 Å². The van der Waals surface area contributed by atoms with E-state index in [0.717, 1.165) is 12.8 Å². The fraction of sp³-hybridized carbons (Fsp3) is 0.581. The summed E-state index contributed by atoms with van der Waals surface area (Å²) in [6, 6.07) is 6.15. The summed E-state index contributed by atoms with van der Waals surface area (Å²) in [6.45, 7) is 10.3. The van der Waals surface area contributed by atoms with Crippen LogP contribution in [0.3, 0.4) is 0 Å². The maximum absolute atomic E-state index is 14.5. The van der Waals surface area contributed by atoms with E-state index >= 15 is 0 Å². The lowest BCUT2D eigenvalue weighted by Crippen LogP contribution is -2.56. The molecule has 3 heterocycles. The van der Waals surface area contributed by atoms with Crippen LogP contribution in [0.15, 0.2) is 49.6 Å². The van der Waals surface area contributed by atoms with Crippen LogP contribution in [0.1, 0.15) is 58.3 Å². The molecule has 0 saturated carbocycles. The zero-order valence-corrected chi connectivity index (χ0v) is 24.1. The van der Waals surface area contributed by atoms with Crippen LogP contribution in [0.4, 0.5) is 5.69 Å². The number of esters is 1. The first-order valence-corrected chi connectivity index (χ1v) is 14.7. The number of allylic oxidation sites excluding steroid dienone is 1. The van der Waals surface area contributed by atoms with Gasteiger partial charge in [0.15, 0.2) is 0 Å². The van der Waals surface area contributed by atoms with Crippen molar-refractivity contribution in [3.63, 3.8) is 0 Å². The lowest BCUT2D eigenvalue weighted by molar-refractivity contribution is -0.159. The topological polar surface area (TPSA) is 96.4 Å². The third-order valence-corrected chi connectivity index (χ3v) is 8.91. The van der Waals surface area contributed by atoms with Gasteiger partial charge in [0.25, 0.3) is 5.91 Å². The highest BCUT2D eigenvalue weighted by atomic mass is 35.5. The number of hydrogen-bond acceptors (Lipinski definition) is 6. The summed E-state index contributed by atoms with van der Waals surface area (Å²) in [5.74, 6) is -2.61. The maximum Gasteiger partial charge on any atom is 0.312 e. The Morgan fingerprint density at radius 3 is 2.65 bits per heavy atom. The van der Waals surface area contributed by atoms with Gasteiger partial charge in [-0.2, -0.15) is 0 Å². The van der Waals surface area contributed by atoms with E-state index in [1.165, 1.54) is 0 Å². The van der Waals surface area contributed by atoms with Crippen molar-refractivity contribution >= 4 is 35.1 Å². The molecule has 3 saturated heterocycles. The van der Waals surface area contributed by atoms with Crippen LogP contribution in [-0.4, -0.2) is 71.3 Å². The first kappa shape index (κ1) is 30.3. The van der Waals surface area contributed by atoms with Crippen LogP contribution in [0.2, 0.25) is 5.02 Å². The number of para-hydroxylation sites is 1. The normalized spacial score (nSPS) is 28.4. The van der Waals surface area contributed by atoms with Gasteiger partial charge in [-0.05, 0) is 70.4 Å². The molecule has 3 aliphatic heterocycles. The molecule has 1 aromatic rings. The number of rotatable bonds is 15. The number of ether oxygens (including phenoxy) is 2. The molecule has 5 atom stereocenters. The Labute approximate surface area is 241 Å². The molecule has 2 bridgehead atoms. The zero-order valence-electron chi connectivity index (χ0n) is 23.4. The molecule has 218 valence electrons. The van der Waals surface area contributed by atoms with Gasteiger partial charge in [0.1, 0.15) is 17.6 Å². The van der Waals surface area contributed by atoms with Crippen molar-refractivity contribution in [1.82, 2.24) is 4.90 Å². The molecule has 3 aliphatic rings. The Morgan fingerprint density at radius 2 is 1.95 bits per heavy atom. The van der Waals surface area contributed by atoms with E-state index in [1.807, 2.05) is 13.0 Å². The monoisotopic (exact) mass is 572 g/mol. The van der Waals surface area contributed by atoms with Crippen LogP contribution in [0.25, 0.3) is 0 Å². The van der Waals surface area contributed by atoms with E-state index in [-0.39, 0.29) is 31.6 Å². The number of amides is 2. The molecule has 4 rings (SSSR count). The van der Waals surface area contributed by atoms with Gasteiger partial charge in [0.2, 0.25) is 5.91 Å². The average molecular weight is 573 g/mol. The van der Waals surface area contributed by atoms with E-state index in [1.54, 1.807) is 40.1 Å². The lowest BCUT2D eigenvalue weighted by atomic mass is 9.66. The Hall–Kier alpha value is -2.68. The first-order chi connectivity index (χ1) is 19.3. The molecule has 2 unspecified atom stereocenters. The Balaban J connectivity index is 1.68. The number of carbonyl (C=O) groups excluding carboxylic acids is 3. The van der Waals surface area contributed by atoms with Gasteiger partial charge < -0.3 is 24.4 Å². The Kier molecular flexibility index (Phi) is 9.75. The summed E-state index contributed by atoms with van der Waals surface area (Å²) in [5, 5.41) is 9.66. The van der Waals surface area contributed by atoms with Crippen molar-refractivity contribution in [2.75, 3.05) is 31.2 Å². The van der Waals surface area contributed by atoms with Crippen LogP contribution in [-0.2, 0) is 23.9 Å². The van der Waals surface area contributed by atoms with Crippen molar-refractivity contribution in [3.8, 4) is 0 Å². The summed E-state index contributed by atoms with van der Waals surface area (Å²) in [5.41, 5.74) is -1.52. The van der Waals surface area contributed by atoms with Crippen molar-refractivity contribution in [3.05, 3.63) is 54.6 Å². The van der Waals surface area contributed by atoms with Gasteiger partial charge >= 0.3 is 5.97 Å². The van der Waals surface area contributed by atoms with Crippen molar-refractivity contribution < 1.29 is 29.0 Å². The third kappa shape index (κ3) is 5.46. The number of benzene rings is 1. The van der Waals surface area contributed by atoms with Gasteiger partial charge in [-0.15, -0.1) is 13.2 Å². The molecule has 1 spiro atoms. The SMILES string of the molecule is C=CCCCCOC(=O)[C@H]1[C@H]2C(=O)N(CCCCCO)C(C(=O)N(CC=C)c3ccccc3Cl)C23CC[C@]1(C)O3. The summed E-state index contributed by atoms with van der Waals surface area (Å²) >= 11 is 6.51. The van der Waals surface area contributed by atoms with E-state index in [4.69, 9.17) is 21.1 Å². The number of aliphatic hydroxyl groups excluding tert-OH is 1. The van der Waals surface area contributed by atoms with Gasteiger partial charge in [0.05, 0.1) is 28.8 Å². The average Bonchev–Trinajstić information content (AvgIpc) is 3.50. The van der Waals surface area contributed by atoms with Gasteiger partial charge in [0, 0.05) is 19.7 Å². The third-order valence-electron chi connectivity index (χ3n) is 8.59. The molecule has 3 fully saturated rings. The number of nitrogens with zero attached hydrogens (tertiary/aromatic N) is 2. The van der Waals surface area contributed by atoms with Crippen LogP contribution < -0.4 is 4.90 Å². The minimum Gasteiger partial charge on any atom is -0.465 e. The number of fused-ring (bicyclic) bond motifs is 1. The molecular formula is C31H41ClN2O6. The smallest absolute Gasteiger partial charge is 0.312 e. The minimum atomic E-state index is -1.15. The number of unbranched alkanes of at least 4 members (excludes halogenated alkanes) is 4. The van der Waals surface area contributed by atoms with Crippen molar-refractivity contribution in [2.45, 2.75) is 75.5 Å². The highest BCUT2D eigenvalue weighted by Gasteiger charge is 2.78. The molecule has 0 aromatic heterocycles. The summed E-state index contributed by atoms with van der Waals surface area (Å²) < 4.78 is 12.4. The molecule has 9 heteroatoms. The predicted octanol–water partition coefficient (Wildman–Crippen LogP) is 4.69. The lowest BCUT2D eigenvalue weighted by Gasteiger charge is -2.37. The second kappa shape index (κ2) is 12.9. The quantitative estimate of drug-likeness (QED) is 0.186. The van der Waals surface area contributed by atoms with E-state index < -0.39 is 35.0 Å². The second-order valence-corrected chi connectivity index (χ2v) is 11.6.